The van der Waals surface area contributed by atoms with Gasteiger partial charge in [0.2, 0.25) is 0 Å². The third-order valence-corrected chi connectivity index (χ3v) is 6.32. The minimum Gasteiger partial charge on any atom is -0.494 e. The van der Waals surface area contributed by atoms with Crippen molar-refractivity contribution in [2.75, 3.05) is 13.2 Å². The highest BCUT2D eigenvalue weighted by Crippen LogP contribution is 2.24. The molecule has 3 rings (SSSR count). The molecular formula is C32H38O5. The predicted molar refractivity (Wildman–Crippen MR) is 147 cm³/mol. The third-order valence-electron chi connectivity index (χ3n) is 6.32. The number of carbonyl (C=O) groups excluding carboxylic acids is 2. The molecule has 1 atom stereocenters. The maximum absolute atomic E-state index is 12.6. The van der Waals surface area contributed by atoms with Gasteiger partial charge in [-0.25, -0.2) is 9.59 Å². The van der Waals surface area contributed by atoms with Gasteiger partial charge in [-0.2, -0.15) is 0 Å². The molecule has 5 nitrogen and oxygen atoms in total. The van der Waals surface area contributed by atoms with E-state index < -0.39 is 5.97 Å². The Labute approximate surface area is 220 Å². The molecule has 0 aliphatic carbocycles. The quantitative estimate of drug-likeness (QED) is 0.126. The summed E-state index contributed by atoms with van der Waals surface area (Å²) in [6.45, 7) is 7.44. The van der Waals surface area contributed by atoms with Crippen LogP contribution in [-0.4, -0.2) is 25.2 Å². The van der Waals surface area contributed by atoms with Crippen molar-refractivity contribution in [1.29, 1.82) is 0 Å². The fourth-order valence-electron chi connectivity index (χ4n) is 3.68. The van der Waals surface area contributed by atoms with Gasteiger partial charge in [0, 0.05) is 0 Å². The topological polar surface area (TPSA) is 61.8 Å². The van der Waals surface area contributed by atoms with Crippen molar-refractivity contribution in [2.45, 2.75) is 59.3 Å². The number of unbranched alkanes of at least 4 members (excludes halogenated alkanes) is 4. The number of carbonyl (C=O) groups is 2. The van der Waals surface area contributed by atoms with E-state index >= 15 is 0 Å². The summed E-state index contributed by atoms with van der Waals surface area (Å²) < 4.78 is 16.7. The second kappa shape index (κ2) is 14.8. The second-order valence-corrected chi connectivity index (χ2v) is 9.39. The molecule has 3 aromatic carbocycles. The Balaban J connectivity index is 1.49. The average molecular weight is 503 g/mol. The summed E-state index contributed by atoms with van der Waals surface area (Å²) in [5.74, 6) is 0.840. The monoisotopic (exact) mass is 502 g/mol. The van der Waals surface area contributed by atoms with Crippen LogP contribution in [0.4, 0.5) is 0 Å². The summed E-state index contributed by atoms with van der Waals surface area (Å²) in [7, 11) is 0. The van der Waals surface area contributed by atoms with Gasteiger partial charge in [-0.05, 0) is 72.0 Å². The van der Waals surface area contributed by atoms with Crippen LogP contribution >= 0.6 is 0 Å². The van der Waals surface area contributed by atoms with Crippen molar-refractivity contribution in [3.05, 3.63) is 83.9 Å². The molecule has 37 heavy (non-hydrogen) atoms. The first kappa shape index (κ1) is 28.0. The first-order chi connectivity index (χ1) is 18.0. The lowest BCUT2D eigenvalue weighted by Gasteiger charge is -2.10. The minimum absolute atomic E-state index is 0.309. The molecular weight excluding hydrogens is 464 g/mol. The third kappa shape index (κ3) is 9.09. The van der Waals surface area contributed by atoms with Crippen LogP contribution in [0.5, 0.6) is 11.5 Å². The van der Waals surface area contributed by atoms with E-state index in [-0.39, 0.29) is 5.97 Å². The zero-order chi connectivity index (χ0) is 26.5. The summed E-state index contributed by atoms with van der Waals surface area (Å²) in [6.07, 6.45) is 6.92. The van der Waals surface area contributed by atoms with Crippen molar-refractivity contribution in [3.63, 3.8) is 0 Å². The number of ether oxygens (including phenoxy) is 3. The van der Waals surface area contributed by atoms with Gasteiger partial charge in [0.15, 0.2) is 0 Å². The zero-order valence-corrected chi connectivity index (χ0v) is 22.2. The molecule has 0 fully saturated rings. The summed E-state index contributed by atoms with van der Waals surface area (Å²) in [4.78, 5) is 24.8. The molecule has 3 aromatic rings. The number of hydrogen-bond donors (Lipinski definition) is 0. The van der Waals surface area contributed by atoms with Crippen LogP contribution in [0.25, 0.3) is 11.1 Å². The lowest BCUT2D eigenvalue weighted by Crippen LogP contribution is -2.11. The predicted octanol–water partition coefficient (Wildman–Crippen LogP) is 8.12. The van der Waals surface area contributed by atoms with E-state index in [1.54, 1.807) is 48.5 Å². The van der Waals surface area contributed by atoms with Gasteiger partial charge in [0.1, 0.15) is 11.5 Å². The van der Waals surface area contributed by atoms with Gasteiger partial charge >= 0.3 is 11.9 Å². The number of hydrogen-bond acceptors (Lipinski definition) is 5. The molecule has 0 saturated heterocycles. The Kier molecular flexibility index (Phi) is 11.2. The summed E-state index contributed by atoms with van der Waals surface area (Å²) in [6, 6.07) is 21.6. The molecule has 0 aliphatic heterocycles. The van der Waals surface area contributed by atoms with E-state index in [2.05, 4.69) is 20.8 Å². The molecule has 0 amide bonds. The Hall–Kier alpha value is -3.60. The van der Waals surface area contributed by atoms with Crippen molar-refractivity contribution < 1.29 is 23.8 Å². The molecule has 0 aliphatic rings. The largest absolute Gasteiger partial charge is 0.494 e. The van der Waals surface area contributed by atoms with Crippen LogP contribution in [0.1, 0.15) is 80.0 Å². The molecule has 0 aromatic heterocycles. The normalized spacial score (nSPS) is 11.5. The van der Waals surface area contributed by atoms with Crippen LogP contribution < -0.4 is 9.47 Å². The maximum atomic E-state index is 12.6. The zero-order valence-electron chi connectivity index (χ0n) is 22.2. The number of rotatable bonds is 14. The van der Waals surface area contributed by atoms with Crippen molar-refractivity contribution in [3.8, 4) is 22.6 Å². The highest BCUT2D eigenvalue weighted by Gasteiger charge is 2.11. The first-order valence-corrected chi connectivity index (χ1v) is 13.3. The van der Waals surface area contributed by atoms with E-state index in [1.165, 1.54) is 25.7 Å². The van der Waals surface area contributed by atoms with E-state index in [1.807, 2.05) is 24.3 Å². The molecule has 5 heteroatoms. The van der Waals surface area contributed by atoms with Crippen LogP contribution in [-0.2, 0) is 4.74 Å². The standard InChI is InChI=1S/C32H38O5/c1-4-6-7-8-9-22-35-29-18-16-28(17-19-29)32(34)37-30-20-14-26(15-21-30)25-10-12-27(13-11-25)31(33)36-23-24(3)5-2/h10-21,24H,4-9,22-23H2,1-3H3/t24-/m0/s1. The van der Waals surface area contributed by atoms with Gasteiger partial charge in [0.25, 0.3) is 0 Å². The first-order valence-electron chi connectivity index (χ1n) is 13.3. The van der Waals surface area contributed by atoms with E-state index in [4.69, 9.17) is 14.2 Å². The fourth-order valence-corrected chi connectivity index (χ4v) is 3.68. The molecule has 196 valence electrons. The summed E-state index contributed by atoms with van der Waals surface area (Å²) in [5.41, 5.74) is 2.91. The van der Waals surface area contributed by atoms with Gasteiger partial charge in [-0.3, -0.25) is 0 Å². The lowest BCUT2D eigenvalue weighted by molar-refractivity contribution is 0.0447. The van der Waals surface area contributed by atoms with E-state index in [0.717, 1.165) is 29.7 Å². The Morgan fingerprint density at radius 2 is 1.22 bits per heavy atom. The SMILES string of the molecule is CCCCCCCOc1ccc(C(=O)Oc2ccc(-c3ccc(C(=O)OC[C@@H](C)CC)cc3)cc2)cc1. The van der Waals surface area contributed by atoms with Crippen molar-refractivity contribution >= 4 is 11.9 Å². The Morgan fingerprint density at radius 1 is 0.676 bits per heavy atom. The van der Waals surface area contributed by atoms with Crippen molar-refractivity contribution in [1.82, 2.24) is 0 Å². The minimum atomic E-state index is -0.417. The van der Waals surface area contributed by atoms with Crippen LogP contribution in [0.3, 0.4) is 0 Å². The summed E-state index contributed by atoms with van der Waals surface area (Å²) in [5, 5.41) is 0. The van der Waals surface area contributed by atoms with Gasteiger partial charge in [-0.15, -0.1) is 0 Å². The molecule has 0 bridgehead atoms. The number of esters is 2. The van der Waals surface area contributed by atoms with Crippen LogP contribution in [0.2, 0.25) is 0 Å². The molecule has 0 radical (unpaired) electrons. The Morgan fingerprint density at radius 3 is 1.84 bits per heavy atom. The maximum Gasteiger partial charge on any atom is 0.343 e. The lowest BCUT2D eigenvalue weighted by atomic mass is 10.0. The van der Waals surface area contributed by atoms with Gasteiger partial charge in [-0.1, -0.05) is 77.1 Å². The van der Waals surface area contributed by atoms with Gasteiger partial charge in [0.05, 0.1) is 24.3 Å². The van der Waals surface area contributed by atoms with E-state index in [0.29, 0.717) is 36.0 Å². The molecule has 0 heterocycles. The molecule has 0 saturated carbocycles. The van der Waals surface area contributed by atoms with Crippen LogP contribution in [0.15, 0.2) is 72.8 Å². The second-order valence-electron chi connectivity index (χ2n) is 9.39. The highest BCUT2D eigenvalue weighted by atomic mass is 16.5. The van der Waals surface area contributed by atoms with Gasteiger partial charge < -0.3 is 14.2 Å². The average Bonchev–Trinajstić information content (AvgIpc) is 2.94. The highest BCUT2D eigenvalue weighted by molar-refractivity contribution is 5.91. The van der Waals surface area contributed by atoms with E-state index in [9.17, 15) is 9.59 Å². The summed E-state index contributed by atoms with van der Waals surface area (Å²) >= 11 is 0. The number of benzene rings is 3. The smallest absolute Gasteiger partial charge is 0.343 e. The molecule has 0 spiro atoms. The fraction of sp³-hybridized carbons (Fsp3) is 0.375. The Bertz CT molecular complexity index is 1100. The van der Waals surface area contributed by atoms with Crippen molar-refractivity contribution in [2.24, 2.45) is 5.92 Å². The molecule has 0 N–H and O–H groups in total. The van der Waals surface area contributed by atoms with Crippen LogP contribution in [0, 0.1) is 5.92 Å². The molecule has 0 unspecified atom stereocenters.